The maximum Gasteiger partial charge on any atom is 0.337 e. The van der Waals surface area contributed by atoms with Crippen molar-refractivity contribution < 1.29 is 9.59 Å². The summed E-state index contributed by atoms with van der Waals surface area (Å²) in [5.41, 5.74) is 5.81. The summed E-state index contributed by atoms with van der Waals surface area (Å²) < 4.78 is 2.86. The van der Waals surface area contributed by atoms with E-state index in [4.69, 9.17) is 5.73 Å². The summed E-state index contributed by atoms with van der Waals surface area (Å²) in [6.45, 7) is 4.59. The molecular formula is C18H24N4O3. The molecule has 1 aromatic carbocycles. The molecule has 0 spiro atoms. The van der Waals surface area contributed by atoms with Gasteiger partial charge in [0.15, 0.2) is 0 Å². The summed E-state index contributed by atoms with van der Waals surface area (Å²) in [5.74, 6) is 0.104. The molecular weight excluding hydrogens is 320 g/mol. The fraction of sp³-hybridized carbons (Fsp3) is 0.500. The molecule has 3 rings (SSSR count). The molecule has 25 heavy (non-hydrogen) atoms. The largest absolute Gasteiger partial charge is 0.370 e. The number of primary amides is 1. The highest BCUT2D eigenvalue weighted by Crippen LogP contribution is 2.31. The topological polar surface area (TPSA) is 99.1 Å². The van der Waals surface area contributed by atoms with Crippen molar-refractivity contribution in [3.63, 3.8) is 0 Å². The summed E-state index contributed by atoms with van der Waals surface area (Å²) in [7, 11) is 0. The molecule has 0 radical (unpaired) electrons. The second-order valence-corrected chi connectivity index (χ2v) is 7.63. The highest BCUT2D eigenvalue weighted by Gasteiger charge is 2.27. The SMILES string of the molecule is CC(C)(CNC(=O)n1c(=O)n(CC2CC2)c2ccccc21)CC(N)=O. The van der Waals surface area contributed by atoms with Crippen molar-refractivity contribution in [1.29, 1.82) is 0 Å². The van der Waals surface area contributed by atoms with Gasteiger partial charge in [-0.15, -0.1) is 0 Å². The van der Waals surface area contributed by atoms with Crippen molar-refractivity contribution in [1.82, 2.24) is 14.5 Å². The number of nitrogens with one attached hydrogen (secondary N) is 1. The molecule has 7 heteroatoms. The smallest absolute Gasteiger partial charge is 0.337 e. The van der Waals surface area contributed by atoms with Gasteiger partial charge in [0.2, 0.25) is 5.91 Å². The number of benzene rings is 1. The number of nitrogens with zero attached hydrogens (tertiary/aromatic N) is 2. The fourth-order valence-electron chi connectivity index (χ4n) is 3.07. The van der Waals surface area contributed by atoms with E-state index in [1.165, 1.54) is 4.57 Å². The van der Waals surface area contributed by atoms with Gasteiger partial charge in [-0.2, -0.15) is 0 Å². The summed E-state index contributed by atoms with van der Waals surface area (Å²) in [6, 6.07) is 6.83. The van der Waals surface area contributed by atoms with Gasteiger partial charge in [-0.1, -0.05) is 26.0 Å². The zero-order chi connectivity index (χ0) is 18.2. The first-order chi connectivity index (χ1) is 11.8. The van der Waals surface area contributed by atoms with Gasteiger partial charge in [0.25, 0.3) is 0 Å². The Morgan fingerprint density at radius 1 is 1.24 bits per heavy atom. The standard InChI is InChI=1S/C18H24N4O3/c1-18(2,9-15(19)23)11-20-16(24)22-14-6-4-3-5-13(14)21(17(22)25)10-12-7-8-12/h3-6,12H,7-11H2,1-2H3,(H2,19,23)(H,20,24). The van der Waals surface area contributed by atoms with Crippen LogP contribution in [0.4, 0.5) is 4.79 Å². The van der Waals surface area contributed by atoms with Crippen LogP contribution in [-0.2, 0) is 11.3 Å². The van der Waals surface area contributed by atoms with Crippen molar-refractivity contribution in [2.24, 2.45) is 17.1 Å². The van der Waals surface area contributed by atoms with E-state index in [0.717, 1.165) is 18.4 Å². The monoisotopic (exact) mass is 344 g/mol. The van der Waals surface area contributed by atoms with E-state index in [2.05, 4.69) is 5.32 Å². The molecule has 134 valence electrons. The van der Waals surface area contributed by atoms with Crippen LogP contribution >= 0.6 is 0 Å². The molecule has 0 aliphatic heterocycles. The van der Waals surface area contributed by atoms with Crippen LogP contribution in [0.25, 0.3) is 11.0 Å². The van der Waals surface area contributed by atoms with Crippen LogP contribution in [0.1, 0.15) is 33.1 Å². The van der Waals surface area contributed by atoms with E-state index >= 15 is 0 Å². The Bertz CT molecular complexity index is 874. The zero-order valence-electron chi connectivity index (χ0n) is 14.6. The predicted molar refractivity (Wildman–Crippen MR) is 95.3 cm³/mol. The zero-order valence-corrected chi connectivity index (χ0v) is 14.6. The molecule has 1 aromatic heterocycles. The number of hydrogen-bond donors (Lipinski definition) is 2. The second kappa shape index (κ2) is 6.38. The maximum absolute atomic E-state index is 12.8. The third-order valence-corrected chi connectivity index (χ3v) is 4.55. The van der Waals surface area contributed by atoms with Gasteiger partial charge in [-0.05, 0) is 36.3 Å². The lowest BCUT2D eigenvalue weighted by molar-refractivity contribution is -0.119. The summed E-state index contributed by atoms with van der Waals surface area (Å²) >= 11 is 0. The van der Waals surface area contributed by atoms with Gasteiger partial charge in [-0.3, -0.25) is 9.36 Å². The molecule has 7 nitrogen and oxygen atoms in total. The van der Waals surface area contributed by atoms with Crippen LogP contribution in [0.2, 0.25) is 0 Å². The molecule has 2 amide bonds. The minimum absolute atomic E-state index is 0.158. The Kier molecular flexibility index (Phi) is 4.41. The number of aromatic nitrogens is 2. The fourth-order valence-corrected chi connectivity index (χ4v) is 3.07. The number of para-hydroxylation sites is 2. The molecule has 0 bridgehead atoms. The number of imidazole rings is 1. The Balaban J connectivity index is 1.87. The molecule has 0 saturated heterocycles. The quantitative estimate of drug-likeness (QED) is 0.834. The second-order valence-electron chi connectivity index (χ2n) is 7.63. The van der Waals surface area contributed by atoms with Crippen molar-refractivity contribution in [2.75, 3.05) is 6.54 Å². The normalized spacial score (nSPS) is 14.6. The Labute approximate surface area is 145 Å². The lowest BCUT2D eigenvalue weighted by Crippen LogP contribution is -2.42. The van der Waals surface area contributed by atoms with E-state index in [0.29, 0.717) is 18.0 Å². The van der Waals surface area contributed by atoms with Gasteiger partial charge in [0.1, 0.15) is 0 Å². The van der Waals surface area contributed by atoms with Crippen LogP contribution in [0, 0.1) is 11.3 Å². The molecule has 1 fully saturated rings. The third kappa shape index (κ3) is 3.75. The number of rotatable bonds is 6. The number of carbonyl (C=O) groups is 2. The van der Waals surface area contributed by atoms with Crippen molar-refractivity contribution in [3.05, 3.63) is 34.7 Å². The highest BCUT2D eigenvalue weighted by molar-refractivity contribution is 5.89. The summed E-state index contributed by atoms with van der Waals surface area (Å²) in [6.07, 6.45) is 2.41. The van der Waals surface area contributed by atoms with Crippen LogP contribution in [0.5, 0.6) is 0 Å². The van der Waals surface area contributed by atoms with Crippen LogP contribution in [0.3, 0.4) is 0 Å². The minimum Gasteiger partial charge on any atom is -0.370 e. The number of fused-ring (bicyclic) bond motifs is 1. The molecule has 2 aromatic rings. The molecule has 1 aliphatic rings. The van der Waals surface area contributed by atoms with Crippen molar-refractivity contribution >= 4 is 23.0 Å². The first-order valence-electron chi connectivity index (χ1n) is 8.55. The van der Waals surface area contributed by atoms with Gasteiger partial charge >= 0.3 is 11.7 Å². The van der Waals surface area contributed by atoms with Crippen molar-refractivity contribution in [3.8, 4) is 0 Å². The van der Waals surface area contributed by atoms with Crippen LogP contribution < -0.4 is 16.7 Å². The molecule has 1 heterocycles. The van der Waals surface area contributed by atoms with Crippen molar-refractivity contribution in [2.45, 2.75) is 39.7 Å². The highest BCUT2D eigenvalue weighted by atomic mass is 16.2. The first-order valence-corrected chi connectivity index (χ1v) is 8.55. The lowest BCUT2D eigenvalue weighted by Gasteiger charge is -2.23. The molecule has 1 saturated carbocycles. The van der Waals surface area contributed by atoms with E-state index in [1.807, 2.05) is 32.0 Å². The van der Waals surface area contributed by atoms with Gasteiger partial charge < -0.3 is 11.1 Å². The van der Waals surface area contributed by atoms with Gasteiger partial charge in [-0.25, -0.2) is 14.2 Å². The number of amides is 2. The van der Waals surface area contributed by atoms with E-state index in [9.17, 15) is 14.4 Å². The molecule has 0 unspecified atom stereocenters. The average molecular weight is 344 g/mol. The van der Waals surface area contributed by atoms with E-state index in [-0.39, 0.29) is 18.7 Å². The maximum atomic E-state index is 12.8. The molecule has 3 N–H and O–H groups in total. The lowest BCUT2D eigenvalue weighted by atomic mass is 9.89. The van der Waals surface area contributed by atoms with Gasteiger partial charge in [0, 0.05) is 19.5 Å². The van der Waals surface area contributed by atoms with Crippen LogP contribution in [0.15, 0.2) is 29.1 Å². The predicted octanol–water partition coefficient (Wildman–Crippen LogP) is 1.67. The average Bonchev–Trinajstić information content (AvgIpc) is 3.30. The molecule has 1 aliphatic carbocycles. The van der Waals surface area contributed by atoms with E-state index < -0.39 is 17.4 Å². The summed E-state index contributed by atoms with van der Waals surface area (Å²) in [5, 5.41) is 2.76. The first kappa shape index (κ1) is 17.3. The van der Waals surface area contributed by atoms with Crippen LogP contribution in [-0.4, -0.2) is 27.6 Å². The third-order valence-electron chi connectivity index (χ3n) is 4.55. The number of carbonyl (C=O) groups excluding carboxylic acids is 2. The van der Waals surface area contributed by atoms with E-state index in [1.54, 1.807) is 10.6 Å². The number of hydrogen-bond acceptors (Lipinski definition) is 3. The Morgan fingerprint density at radius 2 is 1.88 bits per heavy atom. The summed E-state index contributed by atoms with van der Waals surface area (Å²) in [4.78, 5) is 36.6. The van der Waals surface area contributed by atoms with Gasteiger partial charge in [0.05, 0.1) is 11.0 Å². The Morgan fingerprint density at radius 3 is 2.48 bits per heavy atom. The minimum atomic E-state index is -0.478. The Hall–Kier alpha value is -2.57. The number of nitrogens with two attached hydrogens (primary N) is 1. The molecule has 0 atom stereocenters.